The van der Waals surface area contributed by atoms with Crippen LogP contribution in [0.2, 0.25) is 0 Å². The number of likely N-dealkylation sites (N-methyl/N-ethyl adjacent to an activating group) is 1. The van der Waals surface area contributed by atoms with Gasteiger partial charge in [-0.2, -0.15) is 0 Å². The predicted molar refractivity (Wildman–Crippen MR) is 74.4 cm³/mol. The van der Waals surface area contributed by atoms with Crippen LogP contribution in [0, 0.1) is 0 Å². The van der Waals surface area contributed by atoms with Gasteiger partial charge in [0, 0.05) is 24.7 Å². The van der Waals surface area contributed by atoms with Crippen LogP contribution in [0.4, 0.5) is 0 Å². The molecule has 0 aliphatic carbocycles. The number of hydrogen-bond acceptors (Lipinski definition) is 3. The van der Waals surface area contributed by atoms with E-state index in [4.69, 9.17) is 10.5 Å². The van der Waals surface area contributed by atoms with E-state index < -0.39 is 0 Å². The summed E-state index contributed by atoms with van der Waals surface area (Å²) in [7, 11) is 2.18. The van der Waals surface area contributed by atoms with Gasteiger partial charge in [0.1, 0.15) is 0 Å². The minimum absolute atomic E-state index is 0.0711. The maximum Gasteiger partial charge on any atom is 0.0622 e. The molecule has 1 saturated heterocycles. The van der Waals surface area contributed by atoms with Crippen molar-refractivity contribution in [3.05, 3.63) is 35.9 Å². The van der Waals surface area contributed by atoms with Gasteiger partial charge in [0.2, 0.25) is 0 Å². The van der Waals surface area contributed by atoms with Crippen molar-refractivity contribution < 1.29 is 4.74 Å². The van der Waals surface area contributed by atoms with Crippen molar-refractivity contribution in [1.29, 1.82) is 0 Å². The Hall–Kier alpha value is -0.900. The summed E-state index contributed by atoms with van der Waals surface area (Å²) in [4.78, 5) is 2.41. The molecule has 0 spiro atoms. The Morgan fingerprint density at radius 3 is 2.67 bits per heavy atom. The van der Waals surface area contributed by atoms with Crippen LogP contribution in [-0.4, -0.2) is 37.2 Å². The lowest BCUT2D eigenvalue weighted by atomic mass is 9.96. The first kappa shape index (κ1) is 13.5. The third-order valence-corrected chi connectivity index (χ3v) is 4.02. The summed E-state index contributed by atoms with van der Waals surface area (Å²) < 4.78 is 5.48. The fourth-order valence-electron chi connectivity index (χ4n) is 2.81. The summed E-state index contributed by atoms with van der Waals surface area (Å²) in [5, 5.41) is 0. The van der Waals surface area contributed by atoms with Gasteiger partial charge in [-0.05, 0) is 25.5 Å². The topological polar surface area (TPSA) is 38.5 Å². The number of rotatable bonds is 5. The fourth-order valence-corrected chi connectivity index (χ4v) is 2.81. The van der Waals surface area contributed by atoms with Gasteiger partial charge in [0.05, 0.1) is 6.61 Å². The standard InChI is InChI=1S/C15H24N2O/c1-3-14(17(2)13-9-10-18-11-13)15(16)12-7-5-4-6-8-12/h4-8,13-15H,3,9-11,16H2,1-2H3. The Kier molecular flexibility index (Phi) is 4.75. The summed E-state index contributed by atoms with van der Waals surface area (Å²) in [6, 6.07) is 11.3. The molecule has 2 rings (SSSR count). The molecule has 1 aliphatic rings. The number of benzene rings is 1. The van der Waals surface area contributed by atoms with Crippen LogP contribution >= 0.6 is 0 Å². The fraction of sp³-hybridized carbons (Fsp3) is 0.600. The number of hydrogen-bond donors (Lipinski definition) is 1. The molecule has 1 aliphatic heterocycles. The lowest BCUT2D eigenvalue weighted by Gasteiger charge is -2.35. The van der Waals surface area contributed by atoms with E-state index in [1.807, 2.05) is 6.07 Å². The second-order valence-corrected chi connectivity index (χ2v) is 5.09. The highest BCUT2D eigenvalue weighted by Crippen LogP contribution is 2.24. The first-order valence-corrected chi connectivity index (χ1v) is 6.84. The largest absolute Gasteiger partial charge is 0.380 e. The monoisotopic (exact) mass is 248 g/mol. The molecule has 0 aromatic heterocycles. The summed E-state index contributed by atoms with van der Waals surface area (Å²) in [6.07, 6.45) is 2.18. The summed E-state index contributed by atoms with van der Waals surface area (Å²) >= 11 is 0. The second-order valence-electron chi connectivity index (χ2n) is 5.09. The number of ether oxygens (including phenoxy) is 1. The molecule has 0 radical (unpaired) electrons. The summed E-state index contributed by atoms with van der Waals surface area (Å²) in [5.74, 6) is 0. The highest BCUT2D eigenvalue weighted by atomic mass is 16.5. The molecule has 1 fully saturated rings. The molecule has 3 nitrogen and oxygen atoms in total. The SMILES string of the molecule is CCC(C(N)c1ccccc1)N(C)C1CCOC1. The van der Waals surface area contributed by atoms with E-state index in [0.29, 0.717) is 12.1 Å². The molecule has 0 bridgehead atoms. The molecule has 3 heteroatoms. The van der Waals surface area contributed by atoms with Crippen LogP contribution in [0.15, 0.2) is 30.3 Å². The zero-order chi connectivity index (χ0) is 13.0. The van der Waals surface area contributed by atoms with E-state index in [-0.39, 0.29) is 6.04 Å². The molecular formula is C15H24N2O. The molecule has 100 valence electrons. The van der Waals surface area contributed by atoms with Gasteiger partial charge in [-0.15, -0.1) is 0 Å². The molecule has 18 heavy (non-hydrogen) atoms. The molecule has 2 N–H and O–H groups in total. The van der Waals surface area contributed by atoms with Crippen LogP contribution in [-0.2, 0) is 4.74 Å². The lowest BCUT2D eigenvalue weighted by Crippen LogP contribution is -2.46. The molecule has 1 aromatic rings. The highest BCUT2D eigenvalue weighted by Gasteiger charge is 2.29. The summed E-state index contributed by atoms with van der Waals surface area (Å²) in [6.45, 7) is 3.93. The van der Waals surface area contributed by atoms with Crippen molar-refractivity contribution in [2.45, 2.75) is 37.9 Å². The zero-order valence-electron chi connectivity index (χ0n) is 11.4. The van der Waals surface area contributed by atoms with Crippen LogP contribution in [0.1, 0.15) is 31.4 Å². The van der Waals surface area contributed by atoms with Gasteiger partial charge < -0.3 is 10.5 Å². The Morgan fingerprint density at radius 1 is 1.39 bits per heavy atom. The van der Waals surface area contributed by atoms with Gasteiger partial charge >= 0.3 is 0 Å². The van der Waals surface area contributed by atoms with Crippen molar-refractivity contribution >= 4 is 0 Å². The van der Waals surface area contributed by atoms with Crippen molar-refractivity contribution in [2.24, 2.45) is 5.73 Å². The molecule has 1 heterocycles. The first-order valence-electron chi connectivity index (χ1n) is 6.84. The summed E-state index contributed by atoms with van der Waals surface area (Å²) in [5.41, 5.74) is 7.65. The molecular weight excluding hydrogens is 224 g/mol. The molecule has 0 saturated carbocycles. The maximum absolute atomic E-state index is 6.44. The molecule has 1 aromatic carbocycles. The normalized spacial score (nSPS) is 23.2. The number of nitrogens with two attached hydrogens (primary N) is 1. The van der Waals surface area contributed by atoms with E-state index in [1.54, 1.807) is 0 Å². The minimum atomic E-state index is 0.0711. The maximum atomic E-state index is 6.44. The van der Waals surface area contributed by atoms with E-state index >= 15 is 0 Å². The molecule has 0 amide bonds. The van der Waals surface area contributed by atoms with Crippen LogP contribution < -0.4 is 5.73 Å². The molecule has 3 unspecified atom stereocenters. The van der Waals surface area contributed by atoms with Gasteiger partial charge in [0.25, 0.3) is 0 Å². The van der Waals surface area contributed by atoms with Crippen molar-refractivity contribution in [3.63, 3.8) is 0 Å². The smallest absolute Gasteiger partial charge is 0.0622 e. The zero-order valence-corrected chi connectivity index (χ0v) is 11.4. The van der Waals surface area contributed by atoms with Gasteiger partial charge in [0.15, 0.2) is 0 Å². The van der Waals surface area contributed by atoms with Crippen LogP contribution in [0.3, 0.4) is 0 Å². The number of nitrogens with zero attached hydrogens (tertiary/aromatic N) is 1. The van der Waals surface area contributed by atoms with Crippen molar-refractivity contribution in [2.75, 3.05) is 20.3 Å². The minimum Gasteiger partial charge on any atom is -0.380 e. The lowest BCUT2D eigenvalue weighted by molar-refractivity contribution is 0.118. The van der Waals surface area contributed by atoms with Gasteiger partial charge in [-0.3, -0.25) is 4.90 Å². The quantitative estimate of drug-likeness (QED) is 0.868. The van der Waals surface area contributed by atoms with E-state index in [9.17, 15) is 0 Å². The Bertz CT molecular complexity index is 349. The third-order valence-electron chi connectivity index (χ3n) is 4.02. The third kappa shape index (κ3) is 2.91. The predicted octanol–water partition coefficient (Wildman–Crippen LogP) is 2.19. The van der Waals surface area contributed by atoms with E-state index in [2.05, 4.69) is 43.1 Å². The Labute approximate surface area is 110 Å². The van der Waals surface area contributed by atoms with Crippen molar-refractivity contribution in [3.8, 4) is 0 Å². The Balaban J connectivity index is 2.07. The van der Waals surface area contributed by atoms with Crippen LogP contribution in [0.25, 0.3) is 0 Å². The average molecular weight is 248 g/mol. The highest BCUT2D eigenvalue weighted by molar-refractivity contribution is 5.20. The van der Waals surface area contributed by atoms with E-state index in [1.165, 1.54) is 5.56 Å². The van der Waals surface area contributed by atoms with E-state index in [0.717, 1.165) is 26.1 Å². The van der Waals surface area contributed by atoms with Crippen molar-refractivity contribution in [1.82, 2.24) is 4.90 Å². The van der Waals surface area contributed by atoms with Crippen LogP contribution in [0.5, 0.6) is 0 Å². The van der Waals surface area contributed by atoms with Gasteiger partial charge in [-0.25, -0.2) is 0 Å². The van der Waals surface area contributed by atoms with Gasteiger partial charge in [-0.1, -0.05) is 37.3 Å². The second kappa shape index (κ2) is 6.32. The molecule has 3 atom stereocenters. The first-order chi connectivity index (χ1) is 8.74. The average Bonchev–Trinajstić information content (AvgIpc) is 2.94. The Morgan fingerprint density at radius 2 is 2.11 bits per heavy atom.